The average Bonchev–Trinajstić information content (AvgIpc) is 2.88. The second-order valence-corrected chi connectivity index (χ2v) is 7.71. The molecule has 9 heteroatoms. The van der Waals surface area contributed by atoms with Crippen molar-refractivity contribution >= 4 is 63.3 Å². The highest BCUT2D eigenvalue weighted by atomic mass is 35.5. The minimum atomic E-state index is -0.636. The molecule has 0 bridgehead atoms. The molecule has 2 aromatic rings. The van der Waals surface area contributed by atoms with Crippen LogP contribution >= 0.6 is 35.0 Å². The fraction of sp³-hybridized carbons (Fsp3) is 0.167. The molecule has 0 aromatic heterocycles. The summed E-state index contributed by atoms with van der Waals surface area (Å²) >= 11 is 13.0. The summed E-state index contributed by atoms with van der Waals surface area (Å²) < 4.78 is 13.6. The average molecular weight is 426 g/mol. The number of halogens is 3. The lowest BCUT2D eigenvalue weighted by Gasteiger charge is -2.09. The molecule has 0 spiro atoms. The van der Waals surface area contributed by atoms with Crippen molar-refractivity contribution in [3.05, 3.63) is 58.3 Å². The minimum absolute atomic E-state index is 0.0796. The number of benzene rings is 2. The van der Waals surface area contributed by atoms with Gasteiger partial charge in [-0.05, 0) is 30.3 Å². The number of amidine groups is 1. The van der Waals surface area contributed by atoms with Crippen LogP contribution in [0.2, 0.25) is 10.0 Å². The number of nitrogens with zero attached hydrogens (tertiary/aromatic N) is 2. The summed E-state index contributed by atoms with van der Waals surface area (Å²) in [5.74, 6) is -1.23. The van der Waals surface area contributed by atoms with E-state index in [9.17, 15) is 14.0 Å². The van der Waals surface area contributed by atoms with E-state index in [2.05, 4.69) is 10.3 Å². The van der Waals surface area contributed by atoms with Gasteiger partial charge in [0, 0.05) is 13.5 Å². The maximum absolute atomic E-state index is 13.6. The number of rotatable bonds is 4. The Labute approximate surface area is 169 Å². The third kappa shape index (κ3) is 4.61. The Morgan fingerprint density at radius 3 is 2.70 bits per heavy atom. The molecule has 1 aliphatic rings. The van der Waals surface area contributed by atoms with Crippen LogP contribution in [-0.2, 0) is 9.59 Å². The van der Waals surface area contributed by atoms with Gasteiger partial charge in [0.05, 0.1) is 21.4 Å². The molecule has 1 unspecified atom stereocenters. The quantitative estimate of drug-likeness (QED) is 0.770. The summed E-state index contributed by atoms with van der Waals surface area (Å²) in [4.78, 5) is 30.4. The number of para-hydroxylation sites is 1. The lowest BCUT2D eigenvalue weighted by molar-refractivity contribution is -0.127. The number of hydrogen-bond donors (Lipinski definition) is 1. The van der Waals surface area contributed by atoms with E-state index in [1.165, 1.54) is 34.9 Å². The van der Waals surface area contributed by atoms with Crippen molar-refractivity contribution in [2.45, 2.75) is 11.7 Å². The minimum Gasteiger partial charge on any atom is -0.324 e. The van der Waals surface area contributed by atoms with Crippen LogP contribution in [0.4, 0.5) is 15.8 Å². The Balaban J connectivity index is 1.70. The summed E-state index contributed by atoms with van der Waals surface area (Å²) in [5, 5.41) is 3.06. The smallest absolute Gasteiger partial charge is 0.242 e. The summed E-state index contributed by atoms with van der Waals surface area (Å²) in [6, 6.07) is 10.7. The van der Waals surface area contributed by atoms with Crippen molar-refractivity contribution in [3.8, 4) is 0 Å². The normalized spacial score (nSPS) is 18.2. The van der Waals surface area contributed by atoms with Gasteiger partial charge >= 0.3 is 0 Å². The first-order valence-corrected chi connectivity index (χ1v) is 9.51. The van der Waals surface area contributed by atoms with Gasteiger partial charge in [-0.3, -0.25) is 14.5 Å². The Kier molecular flexibility index (Phi) is 6.04. The number of amides is 2. The Bertz CT molecular complexity index is 939. The highest BCUT2D eigenvalue weighted by Gasteiger charge is 2.37. The van der Waals surface area contributed by atoms with Gasteiger partial charge < -0.3 is 5.32 Å². The van der Waals surface area contributed by atoms with Crippen LogP contribution in [0, 0.1) is 5.82 Å². The van der Waals surface area contributed by atoms with E-state index in [4.69, 9.17) is 23.2 Å². The van der Waals surface area contributed by atoms with Crippen LogP contribution in [0.25, 0.3) is 0 Å². The standard InChI is InChI=1S/C18H14Cl2FN3O2S/c1-24-17(26)15(9-16(25)23-14-5-3-2-4-13(14)21)27-18(24)22-10-6-7-11(19)12(20)8-10/h2-8,15H,9H2,1H3,(H,23,25). The van der Waals surface area contributed by atoms with Crippen LogP contribution in [0.5, 0.6) is 0 Å². The molecule has 1 atom stereocenters. The molecule has 1 fully saturated rings. The molecule has 140 valence electrons. The van der Waals surface area contributed by atoms with Gasteiger partial charge in [-0.1, -0.05) is 47.1 Å². The largest absolute Gasteiger partial charge is 0.324 e. The number of carbonyl (C=O) groups excluding carboxylic acids is 2. The molecule has 5 nitrogen and oxygen atoms in total. The van der Waals surface area contributed by atoms with Gasteiger partial charge in [-0.15, -0.1) is 0 Å². The fourth-order valence-electron chi connectivity index (χ4n) is 2.39. The third-order valence-corrected chi connectivity index (χ3v) is 5.76. The zero-order valence-electron chi connectivity index (χ0n) is 14.1. The van der Waals surface area contributed by atoms with Crippen LogP contribution in [0.15, 0.2) is 47.5 Å². The maximum atomic E-state index is 13.6. The molecule has 0 saturated carbocycles. The van der Waals surface area contributed by atoms with Crippen LogP contribution in [0.1, 0.15) is 6.42 Å². The van der Waals surface area contributed by atoms with Gasteiger partial charge in [0.2, 0.25) is 11.8 Å². The zero-order valence-corrected chi connectivity index (χ0v) is 16.4. The molecular formula is C18H14Cl2FN3O2S. The molecule has 1 heterocycles. The molecule has 3 rings (SSSR count). The summed E-state index contributed by atoms with van der Waals surface area (Å²) in [6.07, 6.45) is -0.0947. The topological polar surface area (TPSA) is 61.8 Å². The second-order valence-electron chi connectivity index (χ2n) is 5.73. The highest BCUT2D eigenvalue weighted by molar-refractivity contribution is 8.15. The zero-order chi connectivity index (χ0) is 19.6. The Morgan fingerprint density at radius 1 is 1.26 bits per heavy atom. The van der Waals surface area contributed by atoms with E-state index in [-0.39, 0.29) is 18.0 Å². The third-order valence-electron chi connectivity index (χ3n) is 3.79. The Morgan fingerprint density at radius 2 is 2.00 bits per heavy atom. The van der Waals surface area contributed by atoms with E-state index < -0.39 is 17.0 Å². The van der Waals surface area contributed by atoms with Crippen molar-refractivity contribution in [2.75, 3.05) is 12.4 Å². The van der Waals surface area contributed by atoms with E-state index in [0.29, 0.717) is 20.9 Å². The van der Waals surface area contributed by atoms with Gasteiger partial charge in [-0.2, -0.15) is 0 Å². The fourth-order valence-corrected chi connectivity index (χ4v) is 3.84. The van der Waals surface area contributed by atoms with E-state index in [0.717, 1.165) is 0 Å². The summed E-state index contributed by atoms with van der Waals surface area (Å²) in [7, 11) is 1.58. The van der Waals surface area contributed by atoms with Gasteiger partial charge in [0.15, 0.2) is 5.17 Å². The summed E-state index contributed by atoms with van der Waals surface area (Å²) in [6.45, 7) is 0. The first-order valence-electron chi connectivity index (χ1n) is 7.87. The van der Waals surface area contributed by atoms with Crippen LogP contribution in [-0.4, -0.2) is 34.2 Å². The maximum Gasteiger partial charge on any atom is 0.242 e. The number of hydrogen-bond acceptors (Lipinski definition) is 4. The first kappa shape index (κ1) is 19.7. The monoisotopic (exact) mass is 425 g/mol. The second kappa shape index (κ2) is 8.29. The number of nitrogens with one attached hydrogen (secondary N) is 1. The predicted molar refractivity (Wildman–Crippen MR) is 107 cm³/mol. The number of thioether (sulfide) groups is 1. The molecule has 1 N–H and O–H groups in total. The predicted octanol–water partition coefficient (Wildman–Crippen LogP) is 4.72. The molecule has 2 aromatic carbocycles. The van der Waals surface area contributed by atoms with Gasteiger partial charge in [0.25, 0.3) is 0 Å². The van der Waals surface area contributed by atoms with Crippen molar-refractivity contribution in [1.29, 1.82) is 0 Å². The van der Waals surface area contributed by atoms with Crippen molar-refractivity contribution < 1.29 is 14.0 Å². The van der Waals surface area contributed by atoms with Crippen LogP contribution < -0.4 is 5.32 Å². The molecule has 0 radical (unpaired) electrons. The van der Waals surface area contributed by atoms with Gasteiger partial charge in [-0.25, -0.2) is 9.38 Å². The van der Waals surface area contributed by atoms with Crippen molar-refractivity contribution in [2.24, 2.45) is 4.99 Å². The van der Waals surface area contributed by atoms with Gasteiger partial charge in [0.1, 0.15) is 11.1 Å². The number of carbonyl (C=O) groups is 2. The molecular weight excluding hydrogens is 412 g/mol. The molecule has 2 amide bonds. The van der Waals surface area contributed by atoms with E-state index in [1.54, 1.807) is 31.3 Å². The molecule has 27 heavy (non-hydrogen) atoms. The molecule has 0 aliphatic carbocycles. The SMILES string of the molecule is CN1C(=O)C(CC(=O)Nc2ccccc2F)SC1=Nc1ccc(Cl)c(Cl)c1. The summed E-state index contributed by atoms with van der Waals surface area (Å²) in [5.41, 5.74) is 0.624. The Hall–Kier alpha value is -2.09. The van der Waals surface area contributed by atoms with Crippen molar-refractivity contribution in [3.63, 3.8) is 0 Å². The number of aliphatic imine (C=N–C) groups is 1. The molecule has 1 aliphatic heterocycles. The van der Waals surface area contributed by atoms with E-state index >= 15 is 0 Å². The highest BCUT2D eigenvalue weighted by Crippen LogP contribution is 2.32. The molecule has 1 saturated heterocycles. The first-order chi connectivity index (χ1) is 12.8. The van der Waals surface area contributed by atoms with Crippen molar-refractivity contribution in [1.82, 2.24) is 4.90 Å². The van der Waals surface area contributed by atoms with E-state index in [1.807, 2.05) is 0 Å². The number of anilines is 1. The lowest BCUT2D eigenvalue weighted by Crippen LogP contribution is -2.30. The lowest BCUT2D eigenvalue weighted by atomic mass is 10.2. The van der Waals surface area contributed by atoms with Crippen LogP contribution in [0.3, 0.4) is 0 Å².